The van der Waals surface area contributed by atoms with Crippen molar-refractivity contribution in [3.63, 3.8) is 0 Å². The van der Waals surface area contributed by atoms with E-state index >= 15 is 0 Å². The predicted molar refractivity (Wildman–Crippen MR) is 86.7 cm³/mol. The molecule has 1 heterocycles. The monoisotopic (exact) mass is 297 g/mol. The number of benzene rings is 2. The van der Waals surface area contributed by atoms with Crippen molar-refractivity contribution in [3.8, 4) is 0 Å². The van der Waals surface area contributed by atoms with Gasteiger partial charge in [-0.05, 0) is 36.8 Å². The molecule has 0 saturated heterocycles. The maximum absolute atomic E-state index is 12.0. The maximum Gasteiger partial charge on any atom is 0.228 e. The minimum Gasteiger partial charge on any atom is -0.461 e. The van der Waals surface area contributed by atoms with Gasteiger partial charge in [-0.1, -0.05) is 30.3 Å². The van der Waals surface area contributed by atoms with Gasteiger partial charge in [-0.15, -0.1) is 0 Å². The summed E-state index contributed by atoms with van der Waals surface area (Å²) < 4.78 is 5.77. The smallest absolute Gasteiger partial charge is 0.228 e. The fourth-order valence-corrected chi connectivity index (χ4v) is 2.55. The fourth-order valence-electron chi connectivity index (χ4n) is 2.55. The molecule has 2 N–H and O–H groups in total. The quantitative estimate of drug-likeness (QED) is 0.778. The number of furan rings is 1. The van der Waals surface area contributed by atoms with Gasteiger partial charge in [0.2, 0.25) is 5.91 Å². The van der Waals surface area contributed by atoms with Crippen LogP contribution in [0.5, 0.6) is 0 Å². The Morgan fingerprint density at radius 3 is 2.73 bits per heavy atom. The minimum atomic E-state index is -0.629. The van der Waals surface area contributed by atoms with Crippen LogP contribution in [0.2, 0.25) is 0 Å². The van der Waals surface area contributed by atoms with Crippen molar-refractivity contribution in [1.82, 2.24) is 5.32 Å². The average molecular weight is 297 g/mol. The number of fused-ring (bicyclic) bond motifs is 3. The number of aliphatic hydroxyl groups is 1. The topological polar surface area (TPSA) is 62.5 Å². The van der Waals surface area contributed by atoms with Crippen LogP contribution in [0.25, 0.3) is 21.7 Å². The van der Waals surface area contributed by atoms with Gasteiger partial charge in [-0.2, -0.15) is 0 Å². The minimum absolute atomic E-state index is 0.108. The second-order valence-corrected chi connectivity index (χ2v) is 6.18. The molecule has 0 fully saturated rings. The van der Waals surface area contributed by atoms with Crippen molar-refractivity contribution in [2.75, 3.05) is 6.61 Å². The predicted octanol–water partition coefficient (Wildman–Crippen LogP) is 3.02. The van der Waals surface area contributed by atoms with Crippen molar-refractivity contribution in [2.45, 2.75) is 25.8 Å². The van der Waals surface area contributed by atoms with Gasteiger partial charge in [0.1, 0.15) is 11.3 Å². The third-order valence-corrected chi connectivity index (χ3v) is 3.68. The molecule has 114 valence electrons. The van der Waals surface area contributed by atoms with Gasteiger partial charge in [0.15, 0.2) is 0 Å². The largest absolute Gasteiger partial charge is 0.461 e. The van der Waals surface area contributed by atoms with Gasteiger partial charge in [0.25, 0.3) is 0 Å². The standard InChI is InChI=1S/C18H19NO3/c1-18(2,11-20)19-17(21)10-13-9-15-14-6-4-3-5-12(14)7-8-16(15)22-13/h3-9,20H,10-11H2,1-2H3,(H,19,21). The SMILES string of the molecule is CC(C)(CO)NC(=O)Cc1cc2c(ccc3ccccc32)o1. The van der Waals surface area contributed by atoms with Crippen LogP contribution in [0.15, 0.2) is 46.9 Å². The molecule has 3 aromatic rings. The lowest BCUT2D eigenvalue weighted by Gasteiger charge is -2.23. The summed E-state index contributed by atoms with van der Waals surface area (Å²) in [4.78, 5) is 12.0. The summed E-state index contributed by atoms with van der Waals surface area (Å²) in [6, 6.07) is 14.0. The molecular weight excluding hydrogens is 278 g/mol. The Kier molecular flexibility index (Phi) is 3.62. The lowest BCUT2D eigenvalue weighted by atomic mass is 10.1. The second-order valence-electron chi connectivity index (χ2n) is 6.18. The van der Waals surface area contributed by atoms with E-state index in [1.54, 1.807) is 13.8 Å². The first-order valence-electron chi connectivity index (χ1n) is 7.30. The number of rotatable bonds is 4. The third-order valence-electron chi connectivity index (χ3n) is 3.68. The van der Waals surface area contributed by atoms with E-state index in [1.807, 2.05) is 36.4 Å². The molecule has 0 aliphatic heterocycles. The summed E-state index contributed by atoms with van der Waals surface area (Å²) >= 11 is 0. The normalized spacial score (nSPS) is 12.0. The van der Waals surface area contributed by atoms with Crippen LogP contribution in [0.4, 0.5) is 0 Å². The van der Waals surface area contributed by atoms with Crippen LogP contribution in [0.1, 0.15) is 19.6 Å². The molecule has 0 radical (unpaired) electrons. The zero-order valence-corrected chi connectivity index (χ0v) is 12.7. The van der Waals surface area contributed by atoms with Gasteiger partial charge >= 0.3 is 0 Å². The molecule has 1 aromatic heterocycles. The Labute approximate surface area is 128 Å². The molecular formula is C18H19NO3. The molecule has 0 bridgehead atoms. The molecule has 22 heavy (non-hydrogen) atoms. The molecule has 2 aromatic carbocycles. The molecule has 4 heteroatoms. The van der Waals surface area contributed by atoms with Crippen LogP contribution >= 0.6 is 0 Å². The van der Waals surface area contributed by atoms with Crippen molar-refractivity contribution in [1.29, 1.82) is 0 Å². The molecule has 0 unspecified atom stereocenters. The van der Waals surface area contributed by atoms with E-state index in [0.717, 1.165) is 21.7 Å². The summed E-state index contributed by atoms with van der Waals surface area (Å²) in [7, 11) is 0. The molecule has 0 saturated carbocycles. The highest BCUT2D eigenvalue weighted by Crippen LogP contribution is 2.28. The van der Waals surface area contributed by atoms with Crippen LogP contribution < -0.4 is 5.32 Å². The molecule has 0 aliphatic rings. The number of nitrogens with one attached hydrogen (secondary N) is 1. The number of hydrogen-bond donors (Lipinski definition) is 2. The summed E-state index contributed by atoms with van der Waals surface area (Å²) in [6.45, 7) is 3.44. The van der Waals surface area contributed by atoms with Crippen LogP contribution in [-0.2, 0) is 11.2 Å². The van der Waals surface area contributed by atoms with Crippen molar-refractivity contribution in [2.24, 2.45) is 0 Å². The highest BCUT2D eigenvalue weighted by atomic mass is 16.3. The number of carbonyl (C=O) groups excluding carboxylic acids is 1. The molecule has 3 rings (SSSR count). The molecule has 0 atom stereocenters. The number of hydrogen-bond acceptors (Lipinski definition) is 3. The van der Waals surface area contributed by atoms with Crippen molar-refractivity contribution >= 4 is 27.6 Å². The van der Waals surface area contributed by atoms with E-state index in [2.05, 4.69) is 11.4 Å². The second kappa shape index (κ2) is 5.46. The van der Waals surface area contributed by atoms with Gasteiger partial charge in [-0.25, -0.2) is 0 Å². The van der Waals surface area contributed by atoms with Gasteiger partial charge in [0.05, 0.1) is 18.6 Å². The van der Waals surface area contributed by atoms with E-state index in [0.29, 0.717) is 5.76 Å². The number of carbonyl (C=O) groups is 1. The Balaban J connectivity index is 1.89. The van der Waals surface area contributed by atoms with Crippen LogP contribution in [0.3, 0.4) is 0 Å². The van der Waals surface area contributed by atoms with Gasteiger partial charge in [-0.3, -0.25) is 4.79 Å². The Morgan fingerprint density at radius 2 is 1.95 bits per heavy atom. The zero-order chi connectivity index (χ0) is 15.7. The van der Waals surface area contributed by atoms with E-state index in [1.165, 1.54) is 0 Å². The highest BCUT2D eigenvalue weighted by molar-refractivity contribution is 6.06. The van der Waals surface area contributed by atoms with Crippen molar-refractivity contribution < 1.29 is 14.3 Å². The van der Waals surface area contributed by atoms with E-state index < -0.39 is 5.54 Å². The number of aliphatic hydroxyl groups excluding tert-OH is 1. The Hall–Kier alpha value is -2.33. The van der Waals surface area contributed by atoms with Crippen LogP contribution in [-0.4, -0.2) is 23.2 Å². The summed E-state index contributed by atoms with van der Waals surface area (Å²) in [5, 5.41) is 15.3. The molecule has 1 amide bonds. The lowest BCUT2D eigenvalue weighted by molar-refractivity contribution is -0.122. The van der Waals surface area contributed by atoms with Crippen molar-refractivity contribution in [3.05, 3.63) is 48.2 Å². The summed E-state index contributed by atoms with van der Waals surface area (Å²) in [5.41, 5.74) is 0.151. The molecule has 0 spiro atoms. The molecule has 0 aliphatic carbocycles. The maximum atomic E-state index is 12.0. The third kappa shape index (κ3) is 2.83. The highest BCUT2D eigenvalue weighted by Gasteiger charge is 2.20. The Morgan fingerprint density at radius 1 is 1.18 bits per heavy atom. The average Bonchev–Trinajstić information content (AvgIpc) is 2.89. The lowest BCUT2D eigenvalue weighted by Crippen LogP contribution is -2.46. The van der Waals surface area contributed by atoms with E-state index in [-0.39, 0.29) is 18.9 Å². The fraction of sp³-hybridized carbons (Fsp3) is 0.278. The first kappa shape index (κ1) is 14.6. The van der Waals surface area contributed by atoms with Gasteiger partial charge in [0, 0.05) is 5.39 Å². The number of amides is 1. The first-order chi connectivity index (χ1) is 10.5. The summed E-state index contributed by atoms with van der Waals surface area (Å²) in [6.07, 6.45) is 0.159. The Bertz CT molecular complexity index is 833. The zero-order valence-electron chi connectivity index (χ0n) is 12.7. The molecule has 4 nitrogen and oxygen atoms in total. The van der Waals surface area contributed by atoms with E-state index in [9.17, 15) is 9.90 Å². The van der Waals surface area contributed by atoms with Crippen LogP contribution in [0, 0.1) is 0 Å². The first-order valence-corrected chi connectivity index (χ1v) is 7.30. The summed E-state index contributed by atoms with van der Waals surface area (Å²) in [5.74, 6) is 0.458. The van der Waals surface area contributed by atoms with Gasteiger partial charge < -0.3 is 14.8 Å². The van der Waals surface area contributed by atoms with E-state index in [4.69, 9.17) is 4.42 Å².